The fraction of sp³-hybridized carbons (Fsp3) is 0.933. The molecule has 0 heterocycles. The number of Topliss-reactive ketones (excluding diaryl/α,β-unsaturated/α-hetero) is 1. The van der Waals surface area contributed by atoms with Crippen molar-refractivity contribution in [3.63, 3.8) is 0 Å². The summed E-state index contributed by atoms with van der Waals surface area (Å²) in [6.45, 7) is 15.5. The second-order valence-electron chi connectivity index (χ2n) is 7.82. The zero-order valence-electron chi connectivity index (χ0n) is 12.1. The van der Waals surface area contributed by atoms with E-state index in [0.717, 1.165) is 12.8 Å². The van der Waals surface area contributed by atoms with Gasteiger partial charge in [-0.15, -0.1) is 0 Å². The summed E-state index contributed by atoms with van der Waals surface area (Å²) in [5.41, 5.74) is 0.241. The SMILES string of the molecule is CC1C[C@@H](C(C)(C)C)C(=O)[C@H](C(C)(C)C)C1. The first kappa shape index (κ1) is 13.7. The molecule has 0 aromatic heterocycles. The van der Waals surface area contributed by atoms with Gasteiger partial charge in [0.25, 0.3) is 0 Å². The number of carbonyl (C=O) groups excluding carboxylic acids is 1. The molecule has 0 aromatic carbocycles. The molecule has 1 heteroatoms. The zero-order chi connectivity index (χ0) is 12.7. The van der Waals surface area contributed by atoms with Gasteiger partial charge in [-0.1, -0.05) is 48.5 Å². The highest BCUT2D eigenvalue weighted by Crippen LogP contribution is 2.45. The summed E-state index contributed by atoms with van der Waals surface area (Å²) in [5, 5.41) is 0. The highest BCUT2D eigenvalue weighted by Gasteiger charge is 2.44. The maximum Gasteiger partial charge on any atom is 0.140 e. The van der Waals surface area contributed by atoms with Crippen molar-refractivity contribution in [2.24, 2.45) is 28.6 Å². The standard InChI is InChI=1S/C15H28O/c1-10-8-11(14(2,3)4)13(16)12(9-10)15(5,6)7/h10-12H,8-9H2,1-7H3/t11-,12-/m1/s1. The Morgan fingerprint density at radius 2 is 1.19 bits per heavy atom. The number of hydrogen-bond donors (Lipinski definition) is 0. The number of ketones is 1. The van der Waals surface area contributed by atoms with E-state index < -0.39 is 0 Å². The second-order valence-corrected chi connectivity index (χ2v) is 7.82. The van der Waals surface area contributed by atoms with E-state index in [1.165, 1.54) is 0 Å². The highest BCUT2D eigenvalue weighted by atomic mass is 16.1. The fourth-order valence-electron chi connectivity index (χ4n) is 2.94. The average molecular weight is 224 g/mol. The van der Waals surface area contributed by atoms with Gasteiger partial charge in [0.1, 0.15) is 5.78 Å². The van der Waals surface area contributed by atoms with E-state index in [4.69, 9.17) is 0 Å². The molecule has 1 fully saturated rings. The molecule has 0 saturated heterocycles. The van der Waals surface area contributed by atoms with Crippen LogP contribution in [0, 0.1) is 28.6 Å². The lowest BCUT2D eigenvalue weighted by molar-refractivity contribution is -0.138. The van der Waals surface area contributed by atoms with Crippen LogP contribution in [0.3, 0.4) is 0 Å². The third kappa shape index (κ3) is 2.87. The summed E-state index contributed by atoms with van der Waals surface area (Å²) in [5.74, 6) is 1.70. The van der Waals surface area contributed by atoms with Gasteiger partial charge >= 0.3 is 0 Å². The normalized spacial score (nSPS) is 32.9. The van der Waals surface area contributed by atoms with Crippen molar-refractivity contribution in [2.45, 2.75) is 61.3 Å². The summed E-state index contributed by atoms with van der Waals surface area (Å²) < 4.78 is 0. The van der Waals surface area contributed by atoms with Gasteiger partial charge in [0.2, 0.25) is 0 Å². The Balaban J connectivity index is 2.96. The van der Waals surface area contributed by atoms with Crippen molar-refractivity contribution in [2.75, 3.05) is 0 Å². The van der Waals surface area contributed by atoms with Crippen LogP contribution in [0.2, 0.25) is 0 Å². The Morgan fingerprint density at radius 1 is 0.875 bits per heavy atom. The molecule has 1 nitrogen and oxygen atoms in total. The molecule has 1 rings (SSSR count). The Bertz CT molecular complexity index is 238. The Labute approximate surface area is 101 Å². The molecule has 0 spiro atoms. The van der Waals surface area contributed by atoms with Crippen molar-refractivity contribution in [3.05, 3.63) is 0 Å². The molecule has 2 atom stereocenters. The van der Waals surface area contributed by atoms with Crippen LogP contribution in [0.1, 0.15) is 61.3 Å². The number of hydrogen-bond acceptors (Lipinski definition) is 1. The minimum absolute atomic E-state index is 0.120. The van der Waals surface area contributed by atoms with Crippen molar-refractivity contribution >= 4 is 5.78 Å². The molecule has 16 heavy (non-hydrogen) atoms. The van der Waals surface area contributed by atoms with E-state index >= 15 is 0 Å². The molecular formula is C15H28O. The van der Waals surface area contributed by atoms with Crippen LogP contribution in [0.4, 0.5) is 0 Å². The number of rotatable bonds is 0. The van der Waals surface area contributed by atoms with Crippen LogP contribution in [0.25, 0.3) is 0 Å². The van der Waals surface area contributed by atoms with Gasteiger partial charge < -0.3 is 0 Å². The van der Waals surface area contributed by atoms with E-state index in [9.17, 15) is 4.79 Å². The lowest BCUT2D eigenvalue weighted by atomic mass is 9.60. The van der Waals surface area contributed by atoms with Crippen LogP contribution in [-0.4, -0.2) is 5.78 Å². The summed E-state index contributed by atoms with van der Waals surface area (Å²) >= 11 is 0. The lowest BCUT2D eigenvalue weighted by Crippen LogP contribution is -2.44. The van der Waals surface area contributed by atoms with Gasteiger partial charge in [-0.25, -0.2) is 0 Å². The van der Waals surface area contributed by atoms with E-state index in [2.05, 4.69) is 48.5 Å². The van der Waals surface area contributed by atoms with E-state index in [0.29, 0.717) is 11.7 Å². The van der Waals surface area contributed by atoms with Crippen LogP contribution >= 0.6 is 0 Å². The largest absolute Gasteiger partial charge is 0.299 e. The zero-order valence-corrected chi connectivity index (χ0v) is 12.1. The van der Waals surface area contributed by atoms with Crippen LogP contribution in [-0.2, 0) is 4.79 Å². The molecule has 0 radical (unpaired) electrons. The third-order valence-electron chi connectivity index (χ3n) is 4.05. The van der Waals surface area contributed by atoms with E-state index in [1.54, 1.807) is 0 Å². The van der Waals surface area contributed by atoms with Crippen molar-refractivity contribution < 1.29 is 4.79 Å². The van der Waals surface area contributed by atoms with Crippen LogP contribution < -0.4 is 0 Å². The van der Waals surface area contributed by atoms with Crippen LogP contribution in [0.15, 0.2) is 0 Å². The first-order valence-corrected chi connectivity index (χ1v) is 6.57. The smallest absolute Gasteiger partial charge is 0.140 e. The van der Waals surface area contributed by atoms with Crippen molar-refractivity contribution in [1.82, 2.24) is 0 Å². The average Bonchev–Trinajstić information content (AvgIpc) is 2.04. The summed E-state index contributed by atoms with van der Waals surface area (Å²) in [7, 11) is 0. The Morgan fingerprint density at radius 3 is 1.44 bits per heavy atom. The van der Waals surface area contributed by atoms with Gasteiger partial charge in [0.15, 0.2) is 0 Å². The molecule has 0 N–H and O–H groups in total. The van der Waals surface area contributed by atoms with Gasteiger partial charge in [-0.05, 0) is 29.6 Å². The van der Waals surface area contributed by atoms with E-state index in [1.807, 2.05) is 0 Å². The second kappa shape index (κ2) is 4.16. The quantitative estimate of drug-likeness (QED) is 0.599. The van der Waals surface area contributed by atoms with E-state index in [-0.39, 0.29) is 22.7 Å². The first-order valence-electron chi connectivity index (χ1n) is 6.57. The molecular weight excluding hydrogens is 196 g/mol. The minimum atomic E-state index is 0.120. The van der Waals surface area contributed by atoms with Gasteiger partial charge in [0.05, 0.1) is 0 Å². The minimum Gasteiger partial charge on any atom is -0.299 e. The summed E-state index contributed by atoms with van der Waals surface area (Å²) in [6, 6.07) is 0. The topological polar surface area (TPSA) is 17.1 Å². The molecule has 0 amide bonds. The van der Waals surface area contributed by atoms with Crippen LogP contribution in [0.5, 0.6) is 0 Å². The predicted molar refractivity (Wildman–Crippen MR) is 69.3 cm³/mol. The maximum atomic E-state index is 12.6. The van der Waals surface area contributed by atoms with Gasteiger partial charge in [0, 0.05) is 11.8 Å². The molecule has 0 aromatic rings. The monoisotopic (exact) mass is 224 g/mol. The first-order chi connectivity index (χ1) is 7.03. The highest BCUT2D eigenvalue weighted by molar-refractivity contribution is 5.85. The molecule has 1 saturated carbocycles. The third-order valence-corrected chi connectivity index (χ3v) is 4.05. The fourth-order valence-corrected chi connectivity index (χ4v) is 2.94. The molecule has 0 unspecified atom stereocenters. The molecule has 0 bridgehead atoms. The van der Waals surface area contributed by atoms with Crippen molar-refractivity contribution in [1.29, 1.82) is 0 Å². The Kier molecular flexibility index (Phi) is 3.57. The molecule has 1 aliphatic carbocycles. The van der Waals surface area contributed by atoms with Gasteiger partial charge in [-0.2, -0.15) is 0 Å². The summed E-state index contributed by atoms with van der Waals surface area (Å²) in [6.07, 6.45) is 2.16. The molecule has 0 aliphatic heterocycles. The molecule has 94 valence electrons. The van der Waals surface area contributed by atoms with Gasteiger partial charge in [-0.3, -0.25) is 4.79 Å². The summed E-state index contributed by atoms with van der Waals surface area (Å²) in [4.78, 5) is 12.6. The Hall–Kier alpha value is -0.330. The number of carbonyl (C=O) groups is 1. The maximum absolute atomic E-state index is 12.6. The molecule has 1 aliphatic rings. The lowest BCUT2D eigenvalue weighted by Gasteiger charge is -2.43. The predicted octanol–water partition coefficient (Wildman–Crippen LogP) is 4.31. The van der Waals surface area contributed by atoms with Crippen molar-refractivity contribution in [3.8, 4) is 0 Å².